The number of hydrogen-bond acceptors (Lipinski definition) is 4. The molecule has 0 spiro atoms. The van der Waals surface area contributed by atoms with E-state index in [-0.39, 0.29) is 5.91 Å². The number of nitrogens with one attached hydrogen (secondary N) is 1. The molecule has 108 valence electrons. The standard InChI is InChI=1S/C15H21N3O2/c1-2-9-16-15(19)11-18-10-5-7-13(17-20)12-6-3-4-8-14(12)18/h3-4,6,8,20H,2,5,7,9-11H2,1H3,(H,16,19)/b17-13-. The molecule has 1 aliphatic heterocycles. The van der Waals surface area contributed by atoms with E-state index in [1.807, 2.05) is 31.2 Å². The van der Waals surface area contributed by atoms with Gasteiger partial charge in [0.05, 0.1) is 12.3 Å². The molecule has 2 rings (SSSR count). The molecule has 0 aliphatic carbocycles. The van der Waals surface area contributed by atoms with Crippen LogP contribution in [0.25, 0.3) is 0 Å². The molecule has 0 atom stereocenters. The highest BCUT2D eigenvalue weighted by molar-refractivity contribution is 6.05. The number of nitrogens with zero attached hydrogens (tertiary/aromatic N) is 2. The van der Waals surface area contributed by atoms with Crippen molar-refractivity contribution < 1.29 is 10.0 Å². The Bertz CT molecular complexity index is 500. The molecule has 0 fully saturated rings. The van der Waals surface area contributed by atoms with Crippen LogP contribution in [-0.2, 0) is 4.79 Å². The van der Waals surface area contributed by atoms with Gasteiger partial charge in [-0.15, -0.1) is 0 Å². The normalized spacial score (nSPS) is 16.6. The van der Waals surface area contributed by atoms with E-state index in [1.54, 1.807) is 0 Å². The fraction of sp³-hybridized carbons (Fsp3) is 0.467. The summed E-state index contributed by atoms with van der Waals surface area (Å²) in [6.45, 7) is 3.87. The number of fused-ring (bicyclic) bond motifs is 1. The summed E-state index contributed by atoms with van der Waals surface area (Å²) >= 11 is 0. The van der Waals surface area contributed by atoms with E-state index in [0.717, 1.165) is 37.1 Å². The molecule has 1 amide bonds. The quantitative estimate of drug-likeness (QED) is 0.652. The first-order chi connectivity index (χ1) is 9.76. The molecule has 2 N–H and O–H groups in total. The van der Waals surface area contributed by atoms with Crippen LogP contribution in [0.1, 0.15) is 31.7 Å². The molecular formula is C15H21N3O2. The van der Waals surface area contributed by atoms with Gasteiger partial charge in [0.25, 0.3) is 0 Å². The van der Waals surface area contributed by atoms with Gasteiger partial charge >= 0.3 is 0 Å². The van der Waals surface area contributed by atoms with E-state index in [0.29, 0.717) is 18.8 Å². The molecule has 5 heteroatoms. The Kier molecular flexibility index (Phi) is 4.98. The Balaban J connectivity index is 2.19. The molecule has 0 saturated heterocycles. The SMILES string of the molecule is CCCNC(=O)CN1CCC/C(=N/O)c2ccccc21. The topological polar surface area (TPSA) is 64.9 Å². The summed E-state index contributed by atoms with van der Waals surface area (Å²) in [4.78, 5) is 14.0. The van der Waals surface area contributed by atoms with Crippen molar-refractivity contribution in [2.75, 3.05) is 24.5 Å². The van der Waals surface area contributed by atoms with Crippen molar-refractivity contribution in [3.05, 3.63) is 29.8 Å². The first-order valence-corrected chi connectivity index (χ1v) is 7.08. The number of hydrogen-bond donors (Lipinski definition) is 2. The van der Waals surface area contributed by atoms with Crippen LogP contribution in [0.15, 0.2) is 29.4 Å². The molecule has 1 aromatic carbocycles. The highest BCUT2D eigenvalue weighted by atomic mass is 16.4. The van der Waals surface area contributed by atoms with Gasteiger partial charge < -0.3 is 15.4 Å². The van der Waals surface area contributed by atoms with Crippen molar-refractivity contribution >= 4 is 17.3 Å². The van der Waals surface area contributed by atoms with Gasteiger partial charge in [-0.1, -0.05) is 30.3 Å². The summed E-state index contributed by atoms with van der Waals surface area (Å²) in [5, 5.41) is 15.4. The smallest absolute Gasteiger partial charge is 0.239 e. The highest BCUT2D eigenvalue weighted by Gasteiger charge is 2.21. The average Bonchev–Trinajstić information content (AvgIpc) is 2.65. The van der Waals surface area contributed by atoms with Crippen molar-refractivity contribution in [3.8, 4) is 0 Å². The Morgan fingerprint density at radius 2 is 2.25 bits per heavy atom. The lowest BCUT2D eigenvalue weighted by Crippen LogP contribution is -2.38. The number of carbonyl (C=O) groups is 1. The number of carbonyl (C=O) groups excluding carboxylic acids is 1. The largest absolute Gasteiger partial charge is 0.411 e. The summed E-state index contributed by atoms with van der Waals surface area (Å²) in [6.07, 6.45) is 2.53. The van der Waals surface area contributed by atoms with Gasteiger partial charge in [-0.25, -0.2) is 0 Å². The van der Waals surface area contributed by atoms with Crippen LogP contribution in [0.4, 0.5) is 5.69 Å². The average molecular weight is 275 g/mol. The van der Waals surface area contributed by atoms with E-state index in [4.69, 9.17) is 5.21 Å². The number of benzene rings is 1. The maximum absolute atomic E-state index is 11.9. The number of oxime groups is 1. The fourth-order valence-corrected chi connectivity index (χ4v) is 2.45. The van der Waals surface area contributed by atoms with Crippen LogP contribution < -0.4 is 10.2 Å². The molecule has 5 nitrogen and oxygen atoms in total. The monoisotopic (exact) mass is 275 g/mol. The minimum absolute atomic E-state index is 0.0334. The van der Waals surface area contributed by atoms with E-state index in [1.165, 1.54) is 0 Å². The molecule has 0 aromatic heterocycles. The van der Waals surface area contributed by atoms with Crippen molar-refractivity contribution in [1.82, 2.24) is 5.32 Å². The zero-order valence-corrected chi connectivity index (χ0v) is 11.8. The lowest BCUT2D eigenvalue weighted by Gasteiger charge is -2.24. The van der Waals surface area contributed by atoms with Gasteiger partial charge in [0, 0.05) is 24.3 Å². The van der Waals surface area contributed by atoms with Gasteiger partial charge in [0.2, 0.25) is 5.91 Å². The molecule has 0 bridgehead atoms. The zero-order chi connectivity index (χ0) is 14.4. The highest BCUT2D eigenvalue weighted by Crippen LogP contribution is 2.26. The minimum atomic E-state index is 0.0334. The molecule has 0 unspecified atom stereocenters. The van der Waals surface area contributed by atoms with Crippen LogP contribution in [0.3, 0.4) is 0 Å². The summed E-state index contributed by atoms with van der Waals surface area (Å²) in [5.41, 5.74) is 2.57. The molecule has 20 heavy (non-hydrogen) atoms. The molecule has 0 saturated carbocycles. The summed E-state index contributed by atoms with van der Waals surface area (Å²) < 4.78 is 0. The maximum Gasteiger partial charge on any atom is 0.239 e. The van der Waals surface area contributed by atoms with Crippen LogP contribution in [0.5, 0.6) is 0 Å². The molecule has 0 radical (unpaired) electrons. The Hall–Kier alpha value is -2.04. The fourth-order valence-electron chi connectivity index (χ4n) is 2.45. The predicted octanol–water partition coefficient (Wildman–Crippen LogP) is 1.99. The third-order valence-corrected chi connectivity index (χ3v) is 3.42. The van der Waals surface area contributed by atoms with Gasteiger partial charge in [-0.2, -0.15) is 0 Å². The zero-order valence-electron chi connectivity index (χ0n) is 11.8. The van der Waals surface area contributed by atoms with Crippen LogP contribution >= 0.6 is 0 Å². The maximum atomic E-state index is 11.9. The van der Waals surface area contributed by atoms with Crippen molar-refractivity contribution in [2.45, 2.75) is 26.2 Å². The first-order valence-electron chi connectivity index (χ1n) is 7.08. The number of amides is 1. The van der Waals surface area contributed by atoms with Crippen LogP contribution in [0.2, 0.25) is 0 Å². The number of anilines is 1. The summed E-state index contributed by atoms with van der Waals surface area (Å²) in [5.74, 6) is 0.0334. The van der Waals surface area contributed by atoms with Crippen LogP contribution in [0, 0.1) is 0 Å². The minimum Gasteiger partial charge on any atom is -0.411 e. The van der Waals surface area contributed by atoms with Crippen molar-refractivity contribution in [1.29, 1.82) is 0 Å². The second-order valence-electron chi connectivity index (χ2n) is 4.94. The van der Waals surface area contributed by atoms with E-state index in [9.17, 15) is 4.79 Å². The second kappa shape index (κ2) is 6.93. The van der Waals surface area contributed by atoms with Gasteiger partial charge in [-0.05, 0) is 25.3 Å². The number of para-hydroxylation sites is 1. The van der Waals surface area contributed by atoms with E-state index >= 15 is 0 Å². The first kappa shape index (κ1) is 14.4. The molecule has 1 aliphatic rings. The van der Waals surface area contributed by atoms with E-state index in [2.05, 4.69) is 15.4 Å². The van der Waals surface area contributed by atoms with Crippen molar-refractivity contribution in [3.63, 3.8) is 0 Å². The van der Waals surface area contributed by atoms with Crippen molar-refractivity contribution in [2.24, 2.45) is 5.16 Å². The third-order valence-electron chi connectivity index (χ3n) is 3.42. The Morgan fingerprint density at radius 3 is 3.00 bits per heavy atom. The second-order valence-corrected chi connectivity index (χ2v) is 4.94. The third kappa shape index (κ3) is 3.29. The number of rotatable bonds is 4. The lowest BCUT2D eigenvalue weighted by atomic mass is 10.1. The van der Waals surface area contributed by atoms with E-state index < -0.39 is 0 Å². The summed E-state index contributed by atoms with van der Waals surface area (Å²) in [7, 11) is 0. The Labute approximate surface area is 119 Å². The Morgan fingerprint density at radius 1 is 1.45 bits per heavy atom. The van der Waals surface area contributed by atoms with Gasteiger partial charge in [0.1, 0.15) is 0 Å². The predicted molar refractivity (Wildman–Crippen MR) is 79.5 cm³/mol. The summed E-state index contributed by atoms with van der Waals surface area (Å²) in [6, 6.07) is 7.77. The van der Waals surface area contributed by atoms with Gasteiger partial charge in [-0.3, -0.25) is 4.79 Å². The molecular weight excluding hydrogens is 254 g/mol. The molecule has 1 aromatic rings. The lowest BCUT2D eigenvalue weighted by molar-refractivity contribution is -0.119. The van der Waals surface area contributed by atoms with Gasteiger partial charge in [0.15, 0.2) is 0 Å². The van der Waals surface area contributed by atoms with Crippen LogP contribution in [-0.4, -0.2) is 36.5 Å². The molecule has 1 heterocycles.